The minimum atomic E-state index is -0.661. The van der Waals surface area contributed by atoms with E-state index in [1.807, 2.05) is 61.5 Å². The summed E-state index contributed by atoms with van der Waals surface area (Å²) in [6, 6.07) is 15.3. The molecule has 132 valence electrons. The Hall–Kier alpha value is -2.82. The highest BCUT2D eigenvalue weighted by molar-refractivity contribution is 6.39. The monoisotopic (exact) mass is 339 g/mol. The van der Waals surface area contributed by atoms with Crippen molar-refractivity contribution in [2.45, 2.75) is 26.3 Å². The number of anilines is 2. The molecule has 5 nitrogen and oxygen atoms in total. The molecule has 2 N–H and O–H groups in total. The molecule has 0 aliphatic heterocycles. The Kier molecular flexibility index (Phi) is 6.17. The molecule has 0 saturated carbocycles. The van der Waals surface area contributed by atoms with Gasteiger partial charge in [0.25, 0.3) is 0 Å². The smallest absolute Gasteiger partial charge is 0.313 e. The van der Waals surface area contributed by atoms with Crippen LogP contribution >= 0.6 is 0 Å². The van der Waals surface area contributed by atoms with E-state index in [0.29, 0.717) is 18.2 Å². The Balaban J connectivity index is 1.90. The first kappa shape index (κ1) is 18.5. The van der Waals surface area contributed by atoms with Crippen LogP contribution in [0.25, 0.3) is 0 Å². The van der Waals surface area contributed by atoms with Crippen molar-refractivity contribution in [3.63, 3.8) is 0 Å². The van der Waals surface area contributed by atoms with Crippen LogP contribution in [0, 0.1) is 0 Å². The van der Waals surface area contributed by atoms with E-state index in [9.17, 15) is 9.59 Å². The molecule has 0 aromatic heterocycles. The van der Waals surface area contributed by atoms with Crippen LogP contribution in [0.4, 0.5) is 11.4 Å². The number of carbonyl (C=O) groups excluding carboxylic acids is 2. The average molecular weight is 339 g/mol. The first-order valence-electron chi connectivity index (χ1n) is 8.32. The van der Waals surface area contributed by atoms with Crippen molar-refractivity contribution >= 4 is 23.2 Å². The minimum Gasteiger partial charge on any atom is -0.378 e. The van der Waals surface area contributed by atoms with E-state index >= 15 is 0 Å². The molecule has 0 heterocycles. The zero-order chi connectivity index (χ0) is 18.4. The third kappa shape index (κ3) is 5.35. The Morgan fingerprint density at radius 3 is 2.28 bits per heavy atom. The van der Waals surface area contributed by atoms with Gasteiger partial charge in [-0.1, -0.05) is 38.1 Å². The molecule has 0 aliphatic rings. The van der Waals surface area contributed by atoms with Gasteiger partial charge in [0, 0.05) is 32.0 Å². The number of nitrogens with one attached hydrogen (secondary N) is 2. The molecular weight excluding hydrogens is 314 g/mol. The second-order valence-electron chi connectivity index (χ2n) is 6.48. The SMILES string of the molecule is CC(C)c1cccc(NC(=O)C(=O)NCc2ccc(N(C)C)cc2)c1. The zero-order valence-electron chi connectivity index (χ0n) is 15.2. The van der Waals surface area contributed by atoms with Gasteiger partial charge < -0.3 is 15.5 Å². The highest BCUT2D eigenvalue weighted by atomic mass is 16.2. The van der Waals surface area contributed by atoms with Gasteiger partial charge in [-0.25, -0.2) is 0 Å². The number of carbonyl (C=O) groups is 2. The van der Waals surface area contributed by atoms with Crippen LogP contribution < -0.4 is 15.5 Å². The summed E-state index contributed by atoms with van der Waals surface area (Å²) in [5.41, 5.74) is 3.76. The first-order valence-corrected chi connectivity index (χ1v) is 8.32. The lowest BCUT2D eigenvalue weighted by molar-refractivity contribution is -0.136. The van der Waals surface area contributed by atoms with Gasteiger partial charge in [-0.3, -0.25) is 9.59 Å². The van der Waals surface area contributed by atoms with Crippen LogP contribution in [0.2, 0.25) is 0 Å². The molecule has 0 spiro atoms. The predicted molar refractivity (Wildman–Crippen MR) is 102 cm³/mol. The van der Waals surface area contributed by atoms with Crippen molar-refractivity contribution in [1.82, 2.24) is 5.32 Å². The van der Waals surface area contributed by atoms with Crippen molar-refractivity contribution in [1.29, 1.82) is 0 Å². The van der Waals surface area contributed by atoms with Gasteiger partial charge in [0.15, 0.2) is 0 Å². The van der Waals surface area contributed by atoms with Crippen LogP contribution in [0.15, 0.2) is 48.5 Å². The summed E-state index contributed by atoms with van der Waals surface area (Å²) in [4.78, 5) is 26.0. The van der Waals surface area contributed by atoms with Crippen LogP contribution in [-0.4, -0.2) is 25.9 Å². The fraction of sp³-hybridized carbons (Fsp3) is 0.300. The standard InChI is InChI=1S/C20H25N3O2/c1-14(2)16-6-5-7-17(12-16)22-20(25)19(24)21-13-15-8-10-18(11-9-15)23(3)4/h5-12,14H,13H2,1-4H3,(H,21,24)(H,22,25). The van der Waals surface area contributed by atoms with E-state index in [4.69, 9.17) is 0 Å². The average Bonchev–Trinajstić information content (AvgIpc) is 2.60. The second kappa shape index (κ2) is 8.33. The highest BCUT2D eigenvalue weighted by Crippen LogP contribution is 2.18. The Morgan fingerprint density at radius 1 is 1.00 bits per heavy atom. The first-order chi connectivity index (χ1) is 11.9. The van der Waals surface area contributed by atoms with Gasteiger partial charge in [0.2, 0.25) is 0 Å². The lowest BCUT2D eigenvalue weighted by Gasteiger charge is -2.13. The molecule has 0 radical (unpaired) electrons. The fourth-order valence-electron chi connectivity index (χ4n) is 2.34. The van der Waals surface area contributed by atoms with Crippen molar-refractivity contribution in [2.75, 3.05) is 24.3 Å². The molecule has 5 heteroatoms. The molecular formula is C20H25N3O2. The summed E-state index contributed by atoms with van der Waals surface area (Å²) in [6.07, 6.45) is 0. The molecule has 2 amide bonds. The maximum absolute atomic E-state index is 12.0. The Morgan fingerprint density at radius 2 is 1.68 bits per heavy atom. The molecule has 2 rings (SSSR count). The minimum absolute atomic E-state index is 0.312. The van der Waals surface area contributed by atoms with Crippen molar-refractivity contribution in [3.05, 3.63) is 59.7 Å². The molecule has 0 aliphatic carbocycles. The number of nitrogens with zero attached hydrogens (tertiary/aromatic N) is 1. The topological polar surface area (TPSA) is 61.4 Å². The number of hydrogen-bond acceptors (Lipinski definition) is 3. The molecule has 25 heavy (non-hydrogen) atoms. The molecule has 2 aromatic carbocycles. The molecule has 0 saturated heterocycles. The third-order valence-corrected chi connectivity index (χ3v) is 3.92. The van der Waals surface area contributed by atoms with Crippen LogP contribution in [0.1, 0.15) is 30.9 Å². The Bertz CT molecular complexity index is 737. The van der Waals surface area contributed by atoms with E-state index in [-0.39, 0.29) is 0 Å². The van der Waals surface area contributed by atoms with Gasteiger partial charge in [0.1, 0.15) is 0 Å². The van der Waals surface area contributed by atoms with Gasteiger partial charge in [-0.15, -0.1) is 0 Å². The summed E-state index contributed by atoms with van der Waals surface area (Å²) in [6.45, 7) is 4.47. The van der Waals surface area contributed by atoms with Gasteiger partial charge in [-0.2, -0.15) is 0 Å². The molecule has 0 bridgehead atoms. The quantitative estimate of drug-likeness (QED) is 0.823. The summed E-state index contributed by atoms with van der Waals surface area (Å²) < 4.78 is 0. The summed E-state index contributed by atoms with van der Waals surface area (Å²) in [7, 11) is 3.94. The van der Waals surface area contributed by atoms with E-state index < -0.39 is 11.8 Å². The predicted octanol–water partition coefficient (Wildman–Crippen LogP) is 3.13. The maximum atomic E-state index is 12.0. The van der Waals surface area contributed by atoms with Gasteiger partial charge in [-0.05, 0) is 41.3 Å². The van der Waals surface area contributed by atoms with Crippen LogP contribution in [0.3, 0.4) is 0 Å². The van der Waals surface area contributed by atoms with Crippen molar-refractivity contribution < 1.29 is 9.59 Å². The number of benzene rings is 2. The van der Waals surface area contributed by atoms with E-state index in [2.05, 4.69) is 24.5 Å². The molecule has 0 unspecified atom stereocenters. The van der Waals surface area contributed by atoms with E-state index in [1.165, 1.54) is 0 Å². The summed E-state index contributed by atoms with van der Waals surface area (Å²) in [5.74, 6) is -0.951. The van der Waals surface area contributed by atoms with Crippen LogP contribution in [0.5, 0.6) is 0 Å². The largest absolute Gasteiger partial charge is 0.378 e. The zero-order valence-corrected chi connectivity index (χ0v) is 15.2. The second-order valence-corrected chi connectivity index (χ2v) is 6.48. The lowest BCUT2D eigenvalue weighted by Crippen LogP contribution is -2.35. The maximum Gasteiger partial charge on any atom is 0.313 e. The molecule has 0 atom stereocenters. The third-order valence-electron chi connectivity index (χ3n) is 3.92. The van der Waals surface area contributed by atoms with Crippen molar-refractivity contribution in [3.8, 4) is 0 Å². The normalized spacial score (nSPS) is 10.4. The van der Waals surface area contributed by atoms with Gasteiger partial charge >= 0.3 is 11.8 Å². The number of hydrogen-bond donors (Lipinski definition) is 2. The summed E-state index contributed by atoms with van der Waals surface area (Å²) >= 11 is 0. The van der Waals surface area contributed by atoms with E-state index in [0.717, 1.165) is 16.8 Å². The lowest BCUT2D eigenvalue weighted by atomic mass is 10.0. The van der Waals surface area contributed by atoms with Gasteiger partial charge in [0.05, 0.1) is 0 Å². The van der Waals surface area contributed by atoms with Crippen molar-refractivity contribution in [2.24, 2.45) is 0 Å². The highest BCUT2D eigenvalue weighted by Gasteiger charge is 2.13. The molecule has 2 aromatic rings. The number of amides is 2. The van der Waals surface area contributed by atoms with E-state index in [1.54, 1.807) is 6.07 Å². The fourth-order valence-corrected chi connectivity index (χ4v) is 2.34. The number of rotatable bonds is 5. The Labute approximate surface area is 149 Å². The van der Waals surface area contributed by atoms with Crippen LogP contribution in [-0.2, 0) is 16.1 Å². The summed E-state index contributed by atoms with van der Waals surface area (Å²) in [5, 5.41) is 5.28. The molecule has 0 fully saturated rings.